The lowest BCUT2D eigenvalue weighted by atomic mass is 10.0. The van der Waals surface area contributed by atoms with Crippen LogP contribution in [0.15, 0.2) is 78.9 Å². The molecule has 1 aliphatic carbocycles. The second-order valence-electron chi connectivity index (χ2n) is 9.48. The standard InChI is InChI=1S/C32H35FO3/c1-2-35-32(34)19-15-25-14-18-31(30(33)22-25)36-21-20-29-23-28(29)11-7-6-8-24-12-16-27(17-13-24)26-9-4-3-5-10-26/h3-5,9-10,12-19,22,28-29H,2,6-8,11,20-21,23H2,1H3/b19-15+/t28-,29+/m0/s1. The summed E-state index contributed by atoms with van der Waals surface area (Å²) in [5.74, 6) is 0.901. The zero-order valence-corrected chi connectivity index (χ0v) is 21.0. The quantitative estimate of drug-likeness (QED) is 0.140. The van der Waals surface area contributed by atoms with Crippen molar-refractivity contribution in [1.29, 1.82) is 0 Å². The summed E-state index contributed by atoms with van der Waals surface area (Å²) in [6, 6.07) is 24.2. The van der Waals surface area contributed by atoms with Crippen LogP contribution in [0.1, 0.15) is 50.2 Å². The molecule has 0 N–H and O–H groups in total. The minimum absolute atomic E-state index is 0.263. The molecule has 0 aromatic heterocycles. The highest BCUT2D eigenvalue weighted by molar-refractivity contribution is 5.87. The third kappa shape index (κ3) is 7.81. The van der Waals surface area contributed by atoms with E-state index in [4.69, 9.17) is 9.47 Å². The van der Waals surface area contributed by atoms with Crippen LogP contribution in [0, 0.1) is 17.7 Å². The molecule has 0 aliphatic heterocycles. The predicted molar refractivity (Wildman–Crippen MR) is 143 cm³/mol. The van der Waals surface area contributed by atoms with Crippen LogP contribution in [0.3, 0.4) is 0 Å². The number of halogens is 1. The van der Waals surface area contributed by atoms with E-state index in [1.807, 2.05) is 6.07 Å². The zero-order chi connectivity index (χ0) is 25.2. The van der Waals surface area contributed by atoms with Crippen molar-refractivity contribution in [2.24, 2.45) is 11.8 Å². The molecule has 0 radical (unpaired) electrons. The van der Waals surface area contributed by atoms with E-state index in [2.05, 4.69) is 48.5 Å². The number of ether oxygens (including phenoxy) is 2. The van der Waals surface area contributed by atoms with Crippen LogP contribution < -0.4 is 4.74 Å². The summed E-state index contributed by atoms with van der Waals surface area (Å²) in [6.07, 6.45) is 9.92. The molecule has 0 unspecified atom stereocenters. The Morgan fingerprint density at radius 1 is 0.944 bits per heavy atom. The molecule has 2 atom stereocenters. The Kier molecular flexibility index (Phi) is 9.32. The molecule has 188 valence electrons. The van der Waals surface area contributed by atoms with Crippen molar-refractivity contribution in [1.82, 2.24) is 0 Å². The van der Waals surface area contributed by atoms with Crippen LogP contribution in [-0.2, 0) is 16.0 Å². The largest absolute Gasteiger partial charge is 0.491 e. The maximum absolute atomic E-state index is 14.3. The van der Waals surface area contributed by atoms with Crippen LogP contribution in [0.5, 0.6) is 5.75 Å². The molecule has 0 saturated heterocycles. The van der Waals surface area contributed by atoms with E-state index in [9.17, 15) is 9.18 Å². The Morgan fingerprint density at radius 2 is 1.69 bits per heavy atom. The first-order chi connectivity index (χ1) is 17.6. The van der Waals surface area contributed by atoms with Gasteiger partial charge in [0.1, 0.15) is 0 Å². The molecule has 36 heavy (non-hydrogen) atoms. The molecule has 3 aromatic rings. The summed E-state index contributed by atoms with van der Waals surface area (Å²) >= 11 is 0. The van der Waals surface area contributed by atoms with Gasteiger partial charge >= 0.3 is 5.97 Å². The molecule has 3 nitrogen and oxygen atoms in total. The fourth-order valence-corrected chi connectivity index (χ4v) is 4.66. The SMILES string of the molecule is CCOC(=O)/C=C/c1ccc(OCC[C@@H]2C[C@@H]2CCCCc2ccc(-c3ccccc3)cc2)c(F)c1. The molecule has 1 fully saturated rings. The van der Waals surface area contributed by atoms with Crippen LogP contribution in [0.4, 0.5) is 4.39 Å². The van der Waals surface area contributed by atoms with E-state index in [-0.39, 0.29) is 5.75 Å². The second-order valence-corrected chi connectivity index (χ2v) is 9.48. The number of rotatable bonds is 13. The minimum Gasteiger partial charge on any atom is -0.491 e. The zero-order valence-electron chi connectivity index (χ0n) is 21.0. The maximum atomic E-state index is 14.3. The molecular weight excluding hydrogens is 451 g/mol. The smallest absolute Gasteiger partial charge is 0.330 e. The van der Waals surface area contributed by atoms with Gasteiger partial charge in [-0.25, -0.2) is 9.18 Å². The number of carbonyl (C=O) groups is 1. The van der Waals surface area contributed by atoms with Crippen molar-refractivity contribution < 1.29 is 18.7 Å². The van der Waals surface area contributed by atoms with Gasteiger partial charge in [-0.1, -0.05) is 73.5 Å². The van der Waals surface area contributed by atoms with E-state index < -0.39 is 11.8 Å². The van der Waals surface area contributed by atoms with Crippen molar-refractivity contribution in [3.8, 4) is 16.9 Å². The number of hydrogen-bond acceptors (Lipinski definition) is 3. The van der Waals surface area contributed by atoms with Crippen LogP contribution >= 0.6 is 0 Å². The summed E-state index contributed by atoms with van der Waals surface area (Å²) in [7, 11) is 0. The molecule has 4 rings (SSSR count). The van der Waals surface area contributed by atoms with Crippen LogP contribution in [-0.4, -0.2) is 19.2 Å². The lowest BCUT2D eigenvalue weighted by molar-refractivity contribution is -0.137. The number of carbonyl (C=O) groups excluding carboxylic acids is 1. The normalized spacial score (nSPS) is 16.7. The summed E-state index contributed by atoms with van der Waals surface area (Å²) in [6.45, 7) is 2.59. The molecule has 0 spiro atoms. The fourth-order valence-electron chi connectivity index (χ4n) is 4.66. The average Bonchev–Trinajstić information content (AvgIpc) is 3.65. The molecular formula is C32H35FO3. The van der Waals surface area contributed by atoms with Gasteiger partial charge in [-0.2, -0.15) is 0 Å². The minimum atomic E-state index is -0.435. The highest BCUT2D eigenvalue weighted by atomic mass is 19.1. The van der Waals surface area contributed by atoms with Crippen molar-refractivity contribution >= 4 is 12.0 Å². The van der Waals surface area contributed by atoms with Gasteiger partial charge in [0, 0.05) is 6.08 Å². The van der Waals surface area contributed by atoms with Gasteiger partial charge in [0.2, 0.25) is 0 Å². The molecule has 1 saturated carbocycles. The average molecular weight is 487 g/mol. The highest BCUT2D eigenvalue weighted by Gasteiger charge is 2.35. The van der Waals surface area contributed by atoms with Crippen LogP contribution in [0.25, 0.3) is 17.2 Å². The van der Waals surface area contributed by atoms with Gasteiger partial charge in [0.15, 0.2) is 11.6 Å². The monoisotopic (exact) mass is 486 g/mol. The summed E-state index contributed by atoms with van der Waals surface area (Å²) in [5.41, 5.74) is 4.53. The van der Waals surface area contributed by atoms with Gasteiger partial charge in [-0.3, -0.25) is 0 Å². The summed E-state index contributed by atoms with van der Waals surface area (Å²) < 4.78 is 24.8. The highest BCUT2D eigenvalue weighted by Crippen LogP contribution is 2.44. The van der Waals surface area contributed by atoms with Gasteiger partial charge in [0.05, 0.1) is 13.2 Å². The van der Waals surface area contributed by atoms with Gasteiger partial charge in [-0.05, 0) is 84.9 Å². The first-order valence-electron chi connectivity index (χ1n) is 13.0. The molecule has 3 aromatic carbocycles. The number of hydrogen-bond donors (Lipinski definition) is 0. The Labute approximate surface area is 214 Å². The Balaban J connectivity index is 1.10. The van der Waals surface area contributed by atoms with Gasteiger partial charge < -0.3 is 9.47 Å². The number of aryl methyl sites for hydroxylation is 1. The first kappa shape index (κ1) is 25.7. The van der Waals surface area contributed by atoms with E-state index >= 15 is 0 Å². The second kappa shape index (κ2) is 13.1. The number of unbranched alkanes of at least 4 members (excludes halogenated alkanes) is 1. The lowest BCUT2D eigenvalue weighted by Gasteiger charge is -2.08. The Morgan fingerprint density at radius 3 is 2.44 bits per heavy atom. The lowest BCUT2D eigenvalue weighted by Crippen LogP contribution is -2.01. The van der Waals surface area contributed by atoms with E-state index in [1.165, 1.54) is 54.5 Å². The summed E-state index contributed by atoms with van der Waals surface area (Å²) in [4.78, 5) is 11.4. The predicted octanol–water partition coefficient (Wildman–Crippen LogP) is 7.89. The number of benzene rings is 3. The van der Waals surface area contributed by atoms with Crippen LogP contribution in [0.2, 0.25) is 0 Å². The topological polar surface area (TPSA) is 35.5 Å². The molecule has 0 bridgehead atoms. The van der Waals surface area contributed by atoms with Crippen molar-refractivity contribution in [2.75, 3.05) is 13.2 Å². The molecule has 0 heterocycles. The van der Waals surface area contributed by atoms with E-state index in [0.29, 0.717) is 24.7 Å². The third-order valence-corrected chi connectivity index (χ3v) is 6.82. The van der Waals surface area contributed by atoms with Gasteiger partial charge in [-0.15, -0.1) is 0 Å². The first-order valence-corrected chi connectivity index (χ1v) is 13.0. The fraction of sp³-hybridized carbons (Fsp3) is 0.344. The van der Waals surface area contributed by atoms with Crippen molar-refractivity contribution in [3.63, 3.8) is 0 Å². The Bertz CT molecular complexity index is 1140. The maximum Gasteiger partial charge on any atom is 0.330 e. The third-order valence-electron chi connectivity index (χ3n) is 6.82. The number of esters is 1. The summed E-state index contributed by atoms with van der Waals surface area (Å²) in [5, 5.41) is 0. The molecule has 0 amide bonds. The van der Waals surface area contributed by atoms with Gasteiger partial charge in [0.25, 0.3) is 0 Å². The van der Waals surface area contributed by atoms with E-state index in [0.717, 1.165) is 18.8 Å². The molecule has 4 heteroatoms. The van der Waals surface area contributed by atoms with Crippen molar-refractivity contribution in [3.05, 3.63) is 95.8 Å². The molecule has 1 aliphatic rings. The Hall–Kier alpha value is -3.40. The van der Waals surface area contributed by atoms with E-state index in [1.54, 1.807) is 25.1 Å². The van der Waals surface area contributed by atoms with Crippen molar-refractivity contribution in [2.45, 2.75) is 45.4 Å².